The number of aryl methyl sites for hydroxylation is 6. The first-order valence-electron chi connectivity index (χ1n) is 38.7. The fraction of sp³-hybridized carbons (Fsp3) is 0.0654. The predicted octanol–water partition coefficient (Wildman–Crippen LogP) is 28.9. The zero-order valence-corrected chi connectivity index (χ0v) is 63.1. The van der Waals surface area contributed by atoms with Crippen molar-refractivity contribution in [3.63, 3.8) is 0 Å². The van der Waals surface area contributed by atoms with Crippen molar-refractivity contribution in [1.29, 1.82) is 0 Å². The molecule has 19 aromatic rings. The number of nitrogens with zero attached hydrogens (tertiary/aromatic N) is 4. The summed E-state index contributed by atoms with van der Waals surface area (Å²) in [5, 5.41) is 7.17. The highest BCUT2D eigenvalue weighted by molar-refractivity contribution is 6.15. The molecular formula is C107H80N4. The molecule has 1 aliphatic carbocycles. The van der Waals surface area contributed by atoms with Crippen LogP contribution in [0.1, 0.15) is 55.6 Å². The molecule has 1 aliphatic rings. The van der Waals surface area contributed by atoms with E-state index in [0.717, 1.165) is 73.0 Å². The van der Waals surface area contributed by atoms with E-state index in [1.807, 2.05) is 0 Å². The fourth-order valence-corrected chi connectivity index (χ4v) is 18.2. The van der Waals surface area contributed by atoms with Crippen molar-refractivity contribution >= 4 is 88.5 Å². The molecule has 17 aromatic carbocycles. The van der Waals surface area contributed by atoms with Crippen LogP contribution in [-0.4, -0.2) is 9.13 Å². The van der Waals surface area contributed by atoms with Crippen molar-refractivity contribution in [2.45, 2.75) is 47.0 Å². The van der Waals surface area contributed by atoms with Crippen LogP contribution in [0, 0.1) is 41.5 Å². The van der Waals surface area contributed by atoms with Crippen LogP contribution in [0.4, 0.5) is 34.1 Å². The van der Waals surface area contributed by atoms with Gasteiger partial charge in [-0.3, -0.25) is 0 Å². The third-order valence-corrected chi connectivity index (χ3v) is 23.4. The Morgan fingerprint density at radius 3 is 1.01 bits per heavy atom. The second-order valence-corrected chi connectivity index (χ2v) is 30.4. The average molecular weight is 1420 g/mol. The smallest absolute Gasteiger partial charge is 0.0715 e. The van der Waals surface area contributed by atoms with Crippen molar-refractivity contribution in [2.24, 2.45) is 0 Å². The van der Waals surface area contributed by atoms with Gasteiger partial charge in [0, 0.05) is 66.7 Å². The zero-order chi connectivity index (χ0) is 74.6. The Balaban J connectivity index is 0.807. The van der Waals surface area contributed by atoms with Gasteiger partial charge in [0.15, 0.2) is 0 Å². The molecule has 0 spiro atoms. The molecule has 0 atom stereocenters. The Morgan fingerprint density at radius 2 is 0.595 bits per heavy atom. The van der Waals surface area contributed by atoms with Crippen LogP contribution in [0.15, 0.2) is 376 Å². The van der Waals surface area contributed by atoms with Gasteiger partial charge < -0.3 is 18.9 Å². The molecule has 0 saturated heterocycles. The lowest BCUT2D eigenvalue weighted by Gasteiger charge is -2.36. The van der Waals surface area contributed by atoms with E-state index in [2.05, 4.69) is 437 Å². The van der Waals surface area contributed by atoms with E-state index in [9.17, 15) is 0 Å². The van der Waals surface area contributed by atoms with Gasteiger partial charge in [0.1, 0.15) is 0 Å². The average Bonchev–Trinajstić information content (AvgIpc) is 1.52. The standard InChI is InChI=1S/C107H80N4/c1-69-37-47-83(48-38-69)107(84-49-39-70(2)40-50-84)97-67-89(108(99-53-41-71(3)59-73(99)5)85-31-21-33-87(65-85)110-101-55-43-79(75-23-11-7-12-24-75)61-93(101)94-62-80(44-56-102(94)110)76-25-13-8-14-26-76)51-52-92(97)106-91-36-20-19-35-90(91)105(68-98(106)107)109(100-54-42-72(4)60-74(100)6)86-32-22-34-88(66-86)111-103-57-45-81(77-27-15-9-16-28-77)63-95(103)96-64-82(46-58-104(96)111)78-29-17-10-18-30-78/h7-68H,1-6H3. The Morgan fingerprint density at radius 1 is 0.225 bits per heavy atom. The first-order chi connectivity index (χ1) is 54.5. The maximum Gasteiger partial charge on any atom is 0.0715 e. The van der Waals surface area contributed by atoms with Crippen LogP contribution in [0.5, 0.6) is 0 Å². The summed E-state index contributed by atoms with van der Waals surface area (Å²) in [5.41, 5.74) is 36.4. The summed E-state index contributed by atoms with van der Waals surface area (Å²) in [6.07, 6.45) is 0. The van der Waals surface area contributed by atoms with Crippen molar-refractivity contribution in [3.8, 4) is 67.0 Å². The highest BCUT2D eigenvalue weighted by atomic mass is 15.2. The summed E-state index contributed by atoms with van der Waals surface area (Å²) < 4.78 is 4.96. The highest BCUT2D eigenvalue weighted by Gasteiger charge is 2.48. The second-order valence-electron chi connectivity index (χ2n) is 30.4. The maximum atomic E-state index is 2.59. The Kier molecular flexibility index (Phi) is 16.1. The third-order valence-electron chi connectivity index (χ3n) is 23.4. The van der Waals surface area contributed by atoms with Crippen molar-refractivity contribution in [1.82, 2.24) is 9.13 Å². The fourth-order valence-electron chi connectivity index (χ4n) is 18.2. The minimum Gasteiger partial charge on any atom is -0.310 e. The quantitative estimate of drug-likeness (QED) is 0.108. The summed E-state index contributed by atoms with van der Waals surface area (Å²) in [5.74, 6) is 0. The van der Waals surface area contributed by atoms with Crippen LogP contribution in [0.25, 0.3) is 121 Å². The van der Waals surface area contributed by atoms with Gasteiger partial charge >= 0.3 is 0 Å². The molecule has 0 radical (unpaired) electrons. The number of rotatable bonds is 14. The molecule has 0 amide bonds. The summed E-state index contributed by atoms with van der Waals surface area (Å²) in [6, 6.07) is 142. The lowest BCUT2D eigenvalue weighted by atomic mass is 9.67. The molecule has 0 N–H and O–H groups in total. The van der Waals surface area contributed by atoms with Crippen LogP contribution in [-0.2, 0) is 5.41 Å². The van der Waals surface area contributed by atoms with E-state index in [0.29, 0.717) is 0 Å². The van der Waals surface area contributed by atoms with Crippen LogP contribution in [0.2, 0.25) is 0 Å². The summed E-state index contributed by atoms with van der Waals surface area (Å²) in [6.45, 7) is 13.4. The Hall–Kier alpha value is -13.8. The van der Waals surface area contributed by atoms with Crippen LogP contribution in [0.3, 0.4) is 0 Å². The van der Waals surface area contributed by atoms with Gasteiger partial charge in [-0.2, -0.15) is 0 Å². The molecule has 0 aliphatic heterocycles. The Bertz CT molecular complexity index is 6630. The van der Waals surface area contributed by atoms with Crippen LogP contribution >= 0.6 is 0 Å². The van der Waals surface area contributed by atoms with Crippen molar-refractivity contribution in [3.05, 3.63) is 432 Å². The summed E-state index contributed by atoms with van der Waals surface area (Å²) in [4.78, 5) is 5.08. The minimum atomic E-state index is -0.840. The highest BCUT2D eigenvalue weighted by Crippen LogP contribution is 2.61. The number of hydrogen-bond donors (Lipinski definition) is 0. The van der Waals surface area contributed by atoms with Crippen molar-refractivity contribution < 1.29 is 0 Å². The molecule has 2 aromatic heterocycles. The second kappa shape index (κ2) is 26.8. The largest absolute Gasteiger partial charge is 0.310 e. The minimum absolute atomic E-state index is 0.840. The van der Waals surface area contributed by atoms with E-state index in [1.165, 1.54) is 138 Å². The molecule has 0 bridgehead atoms. The number of anilines is 6. The molecule has 4 heteroatoms. The Labute approximate surface area is 648 Å². The van der Waals surface area contributed by atoms with E-state index in [-0.39, 0.29) is 0 Å². The number of aromatic nitrogens is 2. The molecule has 528 valence electrons. The lowest BCUT2D eigenvalue weighted by molar-refractivity contribution is 0.768. The predicted molar refractivity (Wildman–Crippen MR) is 469 cm³/mol. The van der Waals surface area contributed by atoms with Gasteiger partial charge in [-0.25, -0.2) is 0 Å². The summed E-state index contributed by atoms with van der Waals surface area (Å²) in [7, 11) is 0. The summed E-state index contributed by atoms with van der Waals surface area (Å²) >= 11 is 0. The van der Waals surface area contributed by atoms with Gasteiger partial charge in [0.25, 0.3) is 0 Å². The van der Waals surface area contributed by atoms with Gasteiger partial charge in [0.2, 0.25) is 0 Å². The monoisotopic (exact) mass is 1420 g/mol. The van der Waals surface area contributed by atoms with E-state index < -0.39 is 5.41 Å². The number of fused-ring (bicyclic) bond motifs is 11. The molecule has 2 heterocycles. The first kappa shape index (κ1) is 66.6. The van der Waals surface area contributed by atoms with Crippen LogP contribution < -0.4 is 9.80 Å². The van der Waals surface area contributed by atoms with Gasteiger partial charge in [0.05, 0.1) is 33.2 Å². The van der Waals surface area contributed by atoms with E-state index in [1.54, 1.807) is 0 Å². The van der Waals surface area contributed by atoms with Gasteiger partial charge in [-0.1, -0.05) is 283 Å². The molecule has 111 heavy (non-hydrogen) atoms. The lowest BCUT2D eigenvalue weighted by Crippen LogP contribution is -2.29. The normalized spacial score (nSPS) is 12.3. The molecular weight excluding hydrogens is 1340 g/mol. The van der Waals surface area contributed by atoms with Gasteiger partial charge in [-0.05, 0) is 251 Å². The SMILES string of the molecule is Cc1ccc(C2(c3ccc(C)cc3)c3cc(N(c4cccc(-n5c6ccc(-c7ccccc7)cc6c6cc(-c7ccccc7)ccc65)c4)c4ccc(C)cc4C)ccc3-c3c2cc(N(c2cccc(-n4c5ccc(-c6ccccc6)cc5c5cc(-c6ccccc6)ccc54)c2)c2ccc(C)cc2C)c2ccccc32)cc1. The van der Waals surface area contributed by atoms with Gasteiger partial charge in [-0.15, -0.1) is 0 Å². The number of hydrogen-bond acceptors (Lipinski definition) is 2. The first-order valence-corrected chi connectivity index (χ1v) is 38.7. The molecule has 0 fully saturated rings. The van der Waals surface area contributed by atoms with Crippen molar-refractivity contribution in [2.75, 3.05) is 9.80 Å². The molecule has 0 unspecified atom stereocenters. The zero-order valence-electron chi connectivity index (χ0n) is 63.1. The molecule has 4 nitrogen and oxygen atoms in total. The number of benzene rings is 17. The molecule has 20 rings (SSSR count). The molecule has 0 saturated carbocycles. The maximum absolute atomic E-state index is 2.59. The van der Waals surface area contributed by atoms with E-state index in [4.69, 9.17) is 0 Å². The van der Waals surface area contributed by atoms with E-state index >= 15 is 0 Å². The third kappa shape index (κ3) is 11.2. The topological polar surface area (TPSA) is 16.3 Å².